The summed E-state index contributed by atoms with van der Waals surface area (Å²) >= 11 is 0. The highest BCUT2D eigenvalue weighted by Crippen LogP contribution is 2.26. The molecule has 76 valence electrons. The van der Waals surface area contributed by atoms with Crippen molar-refractivity contribution in [1.82, 2.24) is 0 Å². The average molecular weight is 201 g/mol. The van der Waals surface area contributed by atoms with E-state index in [2.05, 4.69) is 0 Å². The quantitative estimate of drug-likeness (QED) is 0.716. The van der Waals surface area contributed by atoms with Gasteiger partial charge in [0.1, 0.15) is 5.82 Å². The zero-order chi connectivity index (χ0) is 10.9. The van der Waals surface area contributed by atoms with Crippen molar-refractivity contribution in [3.63, 3.8) is 0 Å². The van der Waals surface area contributed by atoms with Gasteiger partial charge in [-0.3, -0.25) is 4.79 Å². The maximum absolute atomic E-state index is 13.2. The van der Waals surface area contributed by atoms with Crippen LogP contribution in [0, 0.1) is 11.6 Å². The van der Waals surface area contributed by atoms with E-state index in [0.29, 0.717) is 0 Å². The summed E-state index contributed by atoms with van der Waals surface area (Å²) in [4.78, 5) is 10.5. The van der Waals surface area contributed by atoms with Crippen molar-refractivity contribution in [2.45, 2.75) is 12.8 Å². The molecule has 0 saturated heterocycles. The van der Waals surface area contributed by atoms with Crippen molar-refractivity contribution in [1.29, 1.82) is 0 Å². The number of aliphatic carboxylic acids is 1. The lowest BCUT2D eigenvalue weighted by Gasteiger charge is -2.10. The Morgan fingerprint density at radius 3 is 2.57 bits per heavy atom. The highest BCUT2D eigenvalue weighted by atomic mass is 19.1. The normalized spacial score (nSPS) is 12.5. The van der Waals surface area contributed by atoms with Crippen LogP contribution in [0.2, 0.25) is 0 Å². The smallest absolute Gasteiger partial charge is 0.310 e. The molecule has 0 aromatic heterocycles. The Morgan fingerprint density at radius 2 is 2.07 bits per heavy atom. The van der Waals surface area contributed by atoms with Crippen LogP contribution in [0.15, 0.2) is 12.1 Å². The molecular formula is C9H9F2NO2. The maximum Gasteiger partial charge on any atom is 0.310 e. The molecule has 1 aromatic rings. The molecular weight excluding hydrogens is 192 g/mol. The van der Waals surface area contributed by atoms with E-state index in [-0.39, 0.29) is 5.69 Å². The number of carboxylic acid groups (broad SMARTS) is 1. The Morgan fingerprint density at radius 1 is 1.50 bits per heavy atom. The molecule has 3 N–H and O–H groups in total. The minimum atomic E-state index is -1.30. The first-order chi connectivity index (χ1) is 6.45. The predicted octanol–water partition coefficient (Wildman–Crippen LogP) is 1.74. The van der Waals surface area contributed by atoms with E-state index >= 15 is 0 Å². The number of hydrogen-bond acceptors (Lipinski definition) is 2. The third-order valence-electron chi connectivity index (χ3n) is 1.96. The summed E-state index contributed by atoms with van der Waals surface area (Å²) in [5.74, 6) is -4.45. The molecule has 0 amide bonds. The fourth-order valence-corrected chi connectivity index (χ4v) is 1.11. The van der Waals surface area contributed by atoms with Gasteiger partial charge in [-0.15, -0.1) is 0 Å². The minimum Gasteiger partial charge on any atom is -0.481 e. The molecule has 0 radical (unpaired) electrons. The Bertz CT molecular complexity index is 379. The monoisotopic (exact) mass is 201 g/mol. The van der Waals surface area contributed by atoms with E-state index in [1.165, 1.54) is 6.92 Å². The van der Waals surface area contributed by atoms with Crippen molar-refractivity contribution in [2.75, 3.05) is 5.73 Å². The molecule has 0 aliphatic rings. The van der Waals surface area contributed by atoms with Gasteiger partial charge in [-0.05, 0) is 19.1 Å². The van der Waals surface area contributed by atoms with Crippen LogP contribution in [0.4, 0.5) is 14.5 Å². The number of halogens is 2. The van der Waals surface area contributed by atoms with Crippen molar-refractivity contribution < 1.29 is 18.7 Å². The lowest BCUT2D eigenvalue weighted by atomic mass is 9.99. The van der Waals surface area contributed by atoms with Crippen LogP contribution in [-0.4, -0.2) is 11.1 Å². The Labute approximate surface area is 79.2 Å². The van der Waals surface area contributed by atoms with Crippen LogP contribution in [0.25, 0.3) is 0 Å². The first-order valence-electron chi connectivity index (χ1n) is 3.91. The topological polar surface area (TPSA) is 63.3 Å². The SMILES string of the molecule is C[C@H](C(=O)O)c1c(F)ccc(N)c1F. The number of anilines is 1. The van der Waals surface area contributed by atoms with Gasteiger partial charge in [-0.2, -0.15) is 0 Å². The molecule has 0 bridgehead atoms. The molecule has 0 fully saturated rings. The van der Waals surface area contributed by atoms with Crippen LogP contribution in [0.3, 0.4) is 0 Å². The Balaban J connectivity index is 3.32. The van der Waals surface area contributed by atoms with Gasteiger partial charge in [0.2, 0.25) is 0 Å². The second-order valence-electron chi connectivity index (χ2n) is 2.92. The van der Waals surface area contributed by atoms with Gasteiger partial charge in [0.25, 0.3) is 0 Å². The van der Waals surface area contributed by atoms with Crippen LogP contribution in [0.1, 0.15) is 18.4 Å². The highest BCUT2D eigenvalue weighted by Gasteiger charge is 2.23. The zero-order valence-electron chi connectivity index (χ0n) is 7.42. The van der Waals surface area contributed by atoms with E-state index in [9.17, 15) is 13.6 Å². The molecule has 0 spiro atoms. The van der Waals surface area contributed by atoms with Crippen LogP contribution in [-0.2, 0) is 4.79 Å². The summed E-state index contributed by atoms with van der Waals surface area (Å²) in [5.41, 5.74) is 4.44. The predicted molar refractivity (Wildman–Crippen MR) is 46.8 cm³/mol. The van der Waals surface area contributed by atoms with Gasteiger partial charge in [0.05, 0.1) is 11.6 Å². The molecule has 0 saturated carbocycles. The fourth-order valence-electron chi connectivity index (χ4n) is 1.11. The van der Waals surface area contributed by atoms with Crippen LogP contribution >= 0.6 is 0 Å². The number of rotatable bonds is 2. The third kappa shape index (κ3) is 1.66. The van der Waals surface area contributed by atoms with Crippen LogP contribution < -0.4 is 5.73 Å². The molecule has 0 aliphatic carbocycles. The van der Waals surface area contributed by atoms with E-state index < -0.39 is 29.1 Å². The second-order valence-corrected chi connectivity index (χ2v) is 2.92. The van der Waals surface area contributed by atoms with E-state index in [0.717, 1.165) is 12.1 Å². The molecule has 1 aromatic carbocycles. The lowest BCUT2D eigenvalue weighted by Crippen LogP contribution is -2.12. The molecule has 3 nitrogen and oxygen atoms in total. The first kappa shape index (κ1) is 10.4. The molecule has 1 rings (SSSR count). The third-order valence-corrected chi connectivity index (χ3v) is 1.96. The summed E-state index contributed by atoms with van der Waals surface area (Å²) in [6, 6.07) is 2.01. The number of hydrogen-bond donors (Lipinski definition) is 2. The number of carboxylic acids is 1. The van der Waals surface area contributed by atoms with Gasteiger partial charge in [0, 0.05) is 5.56 Å². The molecule has 0 aliphatic heterocycles. The Kier molecular flexibility index (Phi) is 2.69. The Hall–Kier alpha value is -1.65. The summed E-state index contributed by atoms with van der Waals surface area (Å²) in [5, 5.41) is 8.60. The van der Waals surface area contributed by atoms with Crippen molar-refractivity contribution in [3.8, 4) is 0 Å². The lowest BCUT2D eigenvalue weighted by molar-refractivity contribution is -0.138. The maximum atomic E-state index is 13.2. The van der Waals surface area contributed by atoms with Gasteiger partial charge in [0.15, 0.2) is 5.82 Å². The van der Waals surface area contributed by atoms with Gasteiger partial charge < -0.3 is 10.8 Å². The van der Waals surface area contributed by atoms with Crippen molar-refractivity contribution in [3.05, 3.63) is 29.3 Å². The van der Waals surface area contributed by atoms with E-state index in [4.69, 9.17) is 10.8 Å². The molecule has 14 heavy (non-hydrogen) atoms. The number of carbonyl (C=O) groups is 1. The molecule has 0 heterocycles. The van der Waals surface area contributed by atoms with Crippen LogP contribution in [0.5, 0.6) is 0 Å². The van der Waals surface area contributed by atoms with Crippen molar-refractivity contribution in [2.24, 2.45) is 0 Å². The van der Waals surface area contributed by atoms with Gasteiger partial charge in [-0.25, -0.2) is 8.78 Å². The minimum absolute atomic E-state index is 0.255. The average Bonchev–Trinajstić information content (AvgIpc) is 2.12. The molecule has 1 atom stereocenters. The first-order valence-corrected chi connectivity index (χ1v) is 3.91. The van der Waals surface area contributed by atoms with Gasteiger partial charge in [-0.1, -0.05) is 0 Å². The van der Waals surface area contributed by atoms with E-state index in [1.807, 2.05) is 0 Å². The van der Waals surface area contributed by atoms with Crippen molar-refractivity contribution >= 4 is 11.7 Å². The molecule has 5 heteroatoms. The fraction of sp³-hybridized carbons (Fsp3) is 0.222. The molecule has 0 unspecified atom stereocenters. The highest BCUT2D eigenvalue weighted by molar-refractivity contribution is 5.76. The number of nitrogens with two attached hydrogens (primary N) is 1. The largest absolute Gasteiger partial charge is 0.481 e. The number of nitrogen functional groups attached to an aromatic ring is 1. The second kappa shape index (κ2) is 3.61. The summed E-state index contributed by atoms with van der Waals surface area (Å²) < 4.78 is 26.3. The summed E-state index contributed by atoms with van der Waals surface area (Å²) in [7, 11) is 0. The summed E-state index contributed by atoms with van der Waals surface area (Å²) in [6.45, 7) is 1.20. The standard InChI is InChI=1S/C9H9F2NO2/c1-4(9(13)14)7-5(10)2-3-6(12)8(7)11/h2-4H,12H2,1H3,(H,13,14)/t4-/m0/s1. The van der Waals surface area contributed by atoms with Gasteiger partial charge >= 0.3 is 5.97 Å². The zero-order valence-corrected chi connectivity index (χ0v) is 7.42. The van der Waals surface area contributed by atoms with E-state index in [1.54, 1.807) is 0 Å². The number of benzene rings is 1. The summed E-state index contributed by atoms with van der Waals surface area (Å²) in [6.07, 6.45) is 0.